The van der Waals surface area contributed by atoms with Crippen LogP contribution in [0.3, 0.4) is 0 Å². The van der Waals surface area contributed by atoms with E-state index in [4.69, 9.17) is 5.73 Å². The Hall–Kier alpha value is -3.97. The number of nitrogens with two attached hydrogens (primary N) is 1. The van der Waals surface area contributed by atoms with Crippen LogP contribution >= 0.6 is 0 Å². The van der Waals surface area contributed by atoms with E-state index in [1.807, 2.05) is 18.2 Å². The molecule has 3 aromatic carbocycles. The Bertz CT molecular complexity index is 1310. The molecule has 0 saturated heterocycles. The third-order valence-corrected chi connectivity index (χ3v) is 5.79. The van der Waals surface area contributed by atoms with Crippen molar-refractivity contribution >= 4 is 22.8 Å². The largest absolute Gasteiger partial charge is 0.478 e. The summed E-state index contributed by atoms with van der Waals surface area (Å²) in [6, 6.07) is 18.5. The Kier molecular flexibility index (Phi) is 7.04. The molecule has 0 aliphatic rings. The lowest BCUT2D eigenvalue weighted by Gasteiger charge is -2.08. The molecule has 6 nitrogen and oxygen atoms in total. The quantitative estimate of drug-likeness (QED) is 0.258. The zero-order chi connectivity index (χ0) is 24.1. The van der Waals surface area contributed by atoms with E-state index in [2.05, 4.69) is 10.3 Å². The highest BCUT2D eigenvalue weighted by Crippen LogP contribution is 2.35. The summed E-state index contributed by atoms with van der Waals surface area (Å²) in [6.07, 6.45) is 2.68. The number of hydrogen-bond donors (Lipinski definition) is 4. The number of carboxylic acids is 1. The Morgan fingerprint density at radius 1 is 0.882 bits per heavy atom. The van der Waals surface area contributed by atoms with E-state index >= 15 is 0 Å². The summed E-state index contributed by atoms with van der Waals surface area (Å²) in [6.45, 7) is 1.16. The van der Waals surface area contributed by atoms with Crippen molar-refractivity contribution in [1.82, 2.24) is 10.3 Å². The van der Waals surface area contributed by atoms with Crippen molar-refractivity contribution in [2.24, 2.45) is 5.73 Å². The van der Waals surface area contributed by atoms with Gasteiger partial charge in [-0.05, 0) is 66.4 Å². The maximum Gasteiger partial charge on any atom is 0.335 e. The van der Waals surface area contributed by atoms with Gasteiger partial charge in [0.2, 0.25) is 0 Å². The first-order valence-electron chi connectivity index (χ1n) is 11.2. The lowest BCUT2D eigenvalue weighted by Crippen LogP contribution is -2.25. The van der Waals surface area contributed by atoms with Crippen LogP contribution < -0.4 is 11.1 Å². The fourth-order valence-electron chi connectivity index (χ4n) is 4.01. The van der Waals surface area contributed by atoms with Gasteiger partial charge in [-0.15, -0.1) is 0 Å². The van der Waals surface area contributed by atoms with E-state index in [0.29, 0.717) is 24.3 Å². The number of amides is 1. The van der Waals surface area contributed by atoms with Gasteiger partial charge in [0.25, 0.3) is 5.91 Å². The molecule has 0 unspecified atom stereocenters. The molecule has 4 rings (SSSR count). The van der Waals surface area contributed by atoms with Crippen LogP contribution in [0.25, 0.3) is 33.2 Å². The molecule has 0 aliphatic heterocycles. The predicted molar refractivity (Wildman–Crippen MR) is 131 cm³/mol. The normalized spacial score (nSPS) is 11.0. The van der Waals surface area contributed by atoms with E-state index in [1.54, 1.807) is 24.3 Å². The lowest BCUT2D eigenvalue weighted by molar-refractivity contribution is 0.0696. The van der Waals surface area contributed by atoms with Crippen molar-refractivity contribution in [1.29, 1.82) is 0 Å². The number of carbonyl (C=O) groups is 2. The number of nitrogens with one attached hydrogen (secondary N) is 2. The van der Waals surface area contributed by atoms with Crippen molar-refractivity contribution in [2.75, 3.05) is 13.1 Å². The van der Waals surface area contributed by atoms with Gasteiger partial charge in [0.1, 0.15) is 11.5 Å². The second kappa shape index (κ2) is 10.3. The third kappa shape index (κ3) is 5.00. The Balaban J connectivity index is 1.74. The molecule has 0 aliphatic carbocycles. The highest BCUT2D eigenvalue weighted by atomic mass is 19.1. The second-order valence-corrected chi connectivity index (χ2v) is 8.13. The zero-order valence-electron chi connectivity index (χ0n) is 18.6. The number of unbranched alkanes of at least 4 members (excludes halogenated alkanes) is 2. The van der Waals surface area contributed by atoms with Crippen LogP contribution in [0.15, 0.2) is 66.7 Å². The van der Waals surface area contributed by atoms with Gasteiger partial charge >= 0.3 is 5.97 Å². The Labute approximate surface area is 196 Å². The second-order valence-electron chi connectivity index (χ2n) is 8.13. The van der Waals surface area contributed by atoms with Crippen LogP contribution in [0.1, 0.15) is 40.1 Å². The maximum atomic E-state index is 13.3. The number of H-pyrrole nitrogens is 1. The topological polar surface area (TPSA) is 108 Å². The summed E-state index contributed by atoms with van der Waals surface area (Å²) in [4.78, 5) is 27.6. The van der Waals surface area contributed by atoms with Gasteiger partial charge in [0.05, 0.1) is 5.56 Å². The predicted octanol–water partition coefficient (Wildman–Crippen LogP) is 5.20. The van der Waals surface area contributed by atoms with Gasteiger partial charge in [-0.2, -0.15) is 0 Å². The van der Waals surface area contributed by atoms with Gasteiger partial charge in [-0.25, -0.2) is 9.18 Å². The first-order valence-corrected chi connectivity index (χ1v) is 11.2. The summed E-state index contributed by atoms with van der Waals surface area (Å²) in [5, 5.41) is 13.0. The van der Waals surface area contributed by atoms with E-state index in [9.17, 15) is 19.1 Å². The van der Waals surface area contributed by atoms with Gasteiger partial charge in [-0.1, -0.05) is 42.8 Å². The van der Waals surface area contributed by atoms with Crippen molar-refractivity contribution in [2.45, 2.75) is 19.3 Å². The minimum absolute atomic E-state index is 0.174. The molecule has 1 heterocycles. The molecule has 0 radical (unpaired) electrons. The van der Waals surface area contributed by atoms with Crippen LogP contribution in [0.2, 0.25) is 0 Å². The molecular formula is C27H26FN3O3. The molecule has 0 fully saturated rings. The first-order chi connectivity index (χ1) is 16.5. The molecule has 4 aromatic rings. The molecule has 174 valence electrons. The molecule has 0 spiro atoms. The highest BCUT2D eigenvalue weighted by molar-refractivity contribution is 6.10. The van der Waals surface area contributed by atoms with Crippen LogP contribution in [-0.4, -0.2) is 35.1 Å². The van der Waals surface area contributed by atoms with Gasteiger partial charge in [-0.3, -0.25) is 4.79 Å². The first kappa shape index (κ1) is 23.2. The number of hydrogen-bond acceptors (Lipinski definition) is 3. The molecule has 34 heavy (non-hydrogen) atoms. The molecule has 1 amide bonds. The van der Waals surface area contributed by atoms with Crippen LogP contribution in [0, 0.1) is 5.82 Å². The van der Waals surface area contributed by atoms with Gasteiger partial charge in [0.15, 0.2) is 0 Å². The van der Waals surface area contributed by atoms with Crippen molar-refractivity contribution in [3.63, 3.8) is 0 Å². The standard InChI is InChI=1S/C27H26FN3O3/c28-21-11-8-17(9-12-21)20-10-13-22-23(16-20)31-25(26(32)30-15-3-1-2-14-29)24(22)18-4-6-19(7-5-18)27(33)34/h4-13,16,31H,1-3,14-15,29H2,(H,30,32)(H,33,34). The summed E-state index contributed by atoms with van der Waals surface area (Å²) in [5.41, 5.74) is 10.1. The summed E-state index contributed by atoms with van der Waals surface area (Å²) in [5.74, 6) is -1.54. The number of aromatic carboxylic acids is 1. The average Bonchev–Trinajstić information content (AvgIpc) is 3.23. The number of carbonyl (C=O) groups excluding carboxylic acids is 1. The number of aromatic nitrogens is 1. The number of carboxylic acid groups (broad SMARTS) is 1. The van der Waals surface area contributed by atoms with E-state index in [-0.39, 0.29) is 17.3 Å². The number of rotatable bonds is 9. The van der Waals surface area contributed by atoms with E-state index < -0.39 is 5.97 Å². The minimum atomic E-state index is -1.01. The molecule has 1 aromatic heterocycles. The molecule has 0 saturated carbocycles. The molecule has 0 bridgehead atoms. The summed E-state index contributed by atoms with van der Waals surface area (Å²) < 4.78 is 13.3. The average molecular weight is 460 g/mol. The van der Waals surface area contributed by atoms with Crippen LogP contribution in [0.4, 0.5) is 4.39 Å². The number of aromatic amines is 1. The summed E-state index contributed by atoms with van der Waals surface area (Å²) in [7, 11) is 0. The Morgan fingerprint density at radius 3 is 2.24 bits per heavy atom. The SMILES string of the molecule is NCCCCCNC(=O)c1[nH]c2cc(-c3ccc(F)cc3)ccc2c1-c1ccc(C(=O)O)cc1. The fraction of sp³-hybridized carbons (Fsp3) is 0.185. The maximum absolute atomic E-state index is 13.3. The zero-order valence-corrected chi connectivity index (χ0v) is 18.6. The fourth-order valence-corrected chi connectivity index (χ4v) is 4.01. The van der Waals surface area contributed by atoms with Crippen LogP contribution in [0.5, 0.6) is 0 Å². The summed E-state index contributed by atoms with van der Waals surface area (Å²) >= 11 is 0. The molecular weight excluding hydrogens is 433 g/mol. The molecule has 5 N–H and O–H groups in total. The van der Waals surface area contributed by atoms with Crippen molar-refractivity contribution in [3.8, 4) is 22.3 Å². The highest BCUT2D eigenvalue weighted by Gasteiger charge is 2.20. The third-order valence-electron chi connectivity index (χ3n) is 5.79. The Morgan fingerprint density at radius 2 is 1.56 bits per heavy atom. The number of fused-ring (bicyclic) bond motifs is 1. The van der Waals surface area contributed by atoms with Crippen LogP contribution in [-0.2, 0) is 0 Å². The lowest BCUT2D eigenvalue weighted by atomic mass is 9.98. The van der Waals surface area contributed by atoms with E-state index in [0.717, 1.165) is 46.9 Å². The number of benzene rings is 3. The smallest absolute Gasteiger partial charge is 0.335 e. The van der Waals surface area contributed by atoms with Crippen molar-refractivity contribution in [3.05, 3.63) is 83.8 Å². The van der Waals surface area contributed by atoms with Gasteiger partial charge < -0.3 is 21.1 Å². The molecule has 0 atom stereocenters. The monoisotopic (exact) mass is 459 g/mol. The minimum Gasteiger partial charge on any atom is -0.478 e. The van der Waals surface area contributed by atoms with E-state index in [1.165, 1.54) is 24.3 Å². The van der Waals surface area contributed by atoms with Gasteiger partial charge in [0, 0.05) is 23.0 Å². The molecule has 7 heteroatoms. The number of halogens is 1. The van der Waals surface area contributed by atoms with Crippen molar-refractivity contribution < 1.29 is 19.1 Å².